The first kappa shape index (κ1) is 15.7. The van der Waals surface area contributed by atoms with Gasteiger partial charge in [-0.05, 0) is 49.2 Å². The summed E-state index contributed by atoms with van der Waals surface area (Å²) >= 11 is 3.46. The molecule has 3 heteroatoms. The minimum absolute atomic E-state index is 0.112. The Hall–Kier alpha value is -1.16. The summed E-state index contributed by atoms with van der Waals surface area (Å²) in [6, 6.07) is 18.4. The highest BCUT2D eigenvalue weighted by atomic mass is 79.9. The monoisotopic (exact) mass is 359 g/mol. The summed E-state index contributed by atoms with van der Waals surface area (Å²) in [6.45, 7) is 3.22. The van der Waals surface area contributed by atoms with Gasteiger partial charge in [-0.15, -0.1) is 0 Å². The second-order valence-electron chi connectivity index (χ2n) is 6.02. The van der Waals surface area contributed by atoms with Crippen molar-refractivity contribution in [3.63, 3.8) is 0 Å². The van der Waals surface area contributed by atoms with E-state index in [-0.39, 0.29) is 5.92 Å². The number of hydrogen-bond donors (Lipinski definition) is 1. The minimum Gasteiger partial charge on any atom is -0.388 e. The molecular weight excluding hydrogens is 338 g/mol. The van der Waals surface area contributed by atoms with Gasteiger partial charge in [0.2, 0.25) is 0 Å². The van der Waals surface area contributed by atoms with Gasteiger partial charge in [0.25, 0.3) is 0 Å². The van der Waals surface area contributed by atoms with Gasteiger partial charge < -0.3 is 10.0 Å². The van der Waals surface area contributed by atoms with Crippen LogP contribution < -0.4 is 0 Å². The van der Waals surface area contributed by atoms with Crippen molar-refractivity contribution in [2.45, 2.75) is 24.9 Å². The molecule has 1 aliphatic heterocycles. The lowest BCUT2D eigenvalue weighted by atomic mass is 9.88. The Morgan fingerprint density at radius 2 is 1.55 bits per heavy atom. The molecule has 2 aromatic rings. The van der Waals surface area contributed by atoms with E-state index in [4.69, 9.17) is 0 Å². The molecular formula is C19H22BrNO. The average Bonchev–Trinajstić information content (AvgIpc) is 3.07. The lowest BCUT2D eigenvalue weighted by Crippen LogP contribution is -2.29. The van der Waals surface area contributed by atoms with E-state index in [2.05, 4.69) is 45.1 Å². The molecule has 1 N–H and O–H groups in total. The van der Waals surface area contributed by atoms with Crippen LogP contribution in [0.25, 0.3) is 0 Å². The van der Waals surface area contributed by atoms with Crippen molar-refractivity contribution < 1.29 is 5.11 Å². The van der Waals surface area contributed by atoms with E-state index in [9.17, 15) is 5.11 Å². The van der Waals surface area contributed by atoms with Gasteiger partial charge in [0.05, 0.1) is 6.10 Å². The fraction of sp³-hybridized carbons (Fsp3) is 0.368. The molecule has 2 atom stereocenters. The highest BCUT2D eigenvalue weighted by Crippen LogP contribution is 2.33. The molecule has 116 valence electrons. The van der Waals surface area contributed by atoms with Gasteiger partial charge in [-0.1, -0.05) is 58.4 Å². The Bertz CT molecular complexity index is 578. The van der Waals surface area contributed by atoms with Crippen LogP contribution in [0.4, 0.5) is 0 Å². The largest absolute Gasteiger partial charge is 0.388 e. The van der Waals surface area contributed by atoms with Crippen LogP contribution in [0.2, 0.25) is 0 Å². The number of nitrogens with zero attached hydrogens (tertiary/aromatic N) is 1. The number of rotatable bonds is 5. The number of aliphatic hydroxyl groups is 1. The van der Waals surface area contributed by atoms with Gasteiger partial charge in [0, 0.05) is 16.9 Å². The molecule has 0 unspecified atom stereocenters. The number of likely N-dealkylation sites (tertiary alicyclic amines) is 1. The summed E-state index contributed by atoms with van der Waals surface area (Å²) in [4.78, 5) is 2.47. The molecule has 1 fully saturated rings. The van der Waals surface area contributed by atoms with Crippen LogP contribution in [0.3, 0.4) is 0 Å². The van der Waals surface area contributed by atoms with Crippen LogP contribution in [0, 0.1) is 0 Å². The zero-order valence-electron chi connectivity index (χ0n) is 12.7. The minimum atomic E-state index is -0.476. The summed E-state index contributed by atoms with van der Waals surface area (Å²) < 4.78 is 1.04. The van der Waals surface area contributed by atoms with Crippen LogP contribution >= 0.6 is 15.9 Å². The van der Waals surface area contributed by atoms with Gasteiger partial charge in [0.1, 0.15) is 0 Å². The van der Waals surface area contributed by atoms with Gasteiger partial charge in [-0.3, -0.25) is 0 Å². The molecule has 0 amide bonds. The molecule has 1 aliphatic rings. The Labute approximate surface area is 140 Å². The quantitative estimate of drug-likeness (QED) is 0.856. The van der Waals surface area contributed by atoms with Crippen LogP contribution in [0.1, 0.15) is 36.0 Å². The highest BCUT2D eigenvalue weighted by molar-refractivity contribution is 9.10. The third-order valence-corrected chi connectivity index (χ3v) is 5.00. The van der Waals surface area contributed by atoms with Crippen molar-refractivity contribution in [3.8, 4) is 0 Å². The van der Waals surface area contributed by atoms with Crippen molar-refractivity contribution in [3.05, 3.63) is 70.2 Å². The molecule has 0 aliphatic carbocycles. The Balaban J connectivity index is 1.84. The molecule has 0 aromatic heterocycles. The van der Waals surface area contributed by atoms with Crippen LogP contribution in [-0.2, 0) is 0 Å². The first-order chi connectivity index (χ1) is 10.7. The van der Waals surface area contributed by atoms with Crippen molar-refractivity contribution in [1.29, 1.82) is 0 Å². The molecule has 1 saturated heterocycles. The summed E-state index contributed by atoms with van der Waals surface area (Å²) in [5.41, 5.74) is 2.20. The predicted molar refractivity (Wildman–Crippen MR) is 94.0 cm³/mol. The number of benzene rings is 2. The Kier molecular flexibility index (Phi) is 5.29. The zero-order valence-corrected chi connectivity index (χ0v) is 14.2. The highest BCUT2D eigenvalue weighted by Gasteiger charge is 2.26. The molecule has 0 saturated carbocycles. The fourth-order valence-corrected chi connectivity index (χ4v) is 3.49. The van der Waals surface area contributed by atoms with Crippen molar-refractivity contribution in [2.75, 3.05) is 19.6 Å². The normalized spacial score (nSPS) is 18.3. The standard InChI is InChI=1S/C19H22BrNO/c20-17-10-8-16(9-11-17)19(22)18(14-21-12-4-5-13-21)15-6-2-1-3-7-15/h1-3,6-11,18-19,22H,4-5,12-14H2/t18-,19+/m1/s1. The number of aliphatic hydroxyl groups excluding tert-OH is 1. The topological polar surface area (TPSA) is 23.5 Å². The lowest BCUT2D eigenvalue weighted by Gasteiger charge is -2.28. The first-order valence-electron chi connectivity index (χ1n) is 7.95. The molecule has 22 heavy (non-hydrogen) atoms. The van der Waals surface area contributed by atoms with Crippen LogP contribution in [0.15, 0.2) is 59.1 Å². The van der Waals surface area contributed by atoms with Gasteiger partial charge in [-0.25, -0.2) is 0 Å². The summed E-state index contributed by atoms with van der Waals surface area (Å²) in [5.74, 6) is 0.112. The van der Waals surface area contributed by atoms with Crippen LogP contribution in [0.5, 0.6) is 0 Å². The van der Waals surface area contributed by atoms with Crippen LogP contribution in [-0.4, -0.2) is 29.6 Å². The summed E-state index contributed by atoms with van der Waals surface area (Å²) in [7, 11) is 0. The van der Waals surface area contributed by atoms with E-state index in [1.54, 1.807) is 0 Å². The Morgan fingerprint density at radius 3 is 2.18 bits per heavy atom. The van der Waals surface area contributed by atoms with E-state index in [1.807, 2.05) is 30.3 Å². The zero-order chi connectivity index (χ0) is 15.4. The van der Waals surface area contributed by atoms with E-state index in [0.717, 1.165) is 29.7 Å². The third kappa shape index (κ3) is 3.78. The fourth-order valence-electron chi connectivity index (χ4n) is 3.22. The third-order valence-electron chi connectivity index (χ3n) is 4.47. The van der Waals surface area contributed by atoms with Crippen molar-refractivity contribution in [2.24, 2.45) is 0 Å². The second kappa shape index (κ2) is 7.40. The smallest absolute Gasteiger partial charge is 0.0870 e. The Morgan fingerprint density at radius 1 is 0.909 bits per heavy atom. The first-order valence-corrected chi connectivity index (χ1v) is 8.74. The number of hydrogen-bond acceptors (Lipinski definition) is 2. The van der Waals surface area contributed by atoms with Crippen molar-refractivity contribution in [1.82, 2.24) is 4.90 Å². The average molecular weight is 360 g/mol. The maximum Gasteiger partial charge on any atom is 0.0870 e. The maximum atomic E-state index is 10.9. The number of halogens is 1. The maximum absolute atomic E-state index is 10.9. The van der Waals surface area contributed by atoms with Gasteiger partial charge >= 0.3 is 0 Å². The van der Waals surface area contributed by atoms with E-state index in [1.165, 1.54) is 18.4 Å². The van der Waals surface area contributed by atoms with Gasteiger partial charge in [-0.2, -0.15) is 0 Å². The van der Waals surface area contributed by atoms with E-state index in [0.29, 0.717) is 0 Å². The SMILES string of the molecule is O[C@@H](c1ccc(Br)cc1)[C@H](CN1CCCC1)c1ccccc1. The molecule has 3 rings (SSSR count). The summed E-state index contributed by atoms with van der Waals surface area (Å²) in [6.07, 6.45) is 2.07. The van der Waals surface area contributed by atoms with Crippen molar-refractivity contribution >= 4 is 15.9 Å². The van der Waals surface area contributed by atoms with Gasteiger partial charge in [0.15, 0.2) is 0 Å². The van der Waals surface area contributed by atoms with E-state index < -0.39 is 6.10 Å². The molecule has 0 spiro atoms. The lowest BCUT2D eigenvalue weighted by molar-refractivity contribution is 0.123. The molecule has 1 heterocycles. The molecule has 0 radical (unpaired) electrons. The van der Waals surface area contributed by atoms with E-state index >= 15 is 0 Å². The summed E-state index contributed by atoms with van der Waals surface area (Å²) in [5, 5.41) is 10.9. The molecule has 2 nitrogen and oxygen atoms in total. The molecule has 2 aromatic carbocycles. The molecule has 0 bridgehead atoms. The predicted octanol–water partition coefficient (Wildman–Crippen LogP) is 4.36. The second-order valence-corrected chi connectivity index (χ2v) is 6.94.